The minimum absolute atomic E-state index is 0.0603. The summed E-state index contributed by atoms with van der Waals surface area (Å²) >= 11 is 0. The van der Waals surface area contributed by atoms with Crippen molar-refractivity contribution in [2.24, 2.45) is 0 Å². The Kier molecular flexibility index (Phi) is 6.48. The fourth-order valence-electron chi connectivity index (χ4n) is 4.65. The van der Waals surface area contributed by atoms with Crippen molar-refractivity contribution in [2.75, 3.05) is 12.0 Å². The largest absolute Gasteiger partial charge is 0.507 e. The van der Waals surface area contributed by atoms with Crippen LogP contribution in [0, 0.1) is 20.8 Å². The van der Waals surface area contributed by atoms with E-state index in [0.717, 1.165) is 28.0 Å². The molecule has 3 aromatic rings. The molecule has 2 aromatic carbocycles. The van der Waals surface area contributed by atoms with E-state index in [2.05, 4.69) is 4.98 Å². The Morgan fingerprint density at radius 3 is 2.31 bits per heavy atom. The van der Waals surface area contributed by atoms with Crippen LogP contribution in [-0.2, 0) is 9.59 Å². The van der Waals surface area contributed by atoms with Gasteiger partial charge >= 0.3 is 0 Å². The Hall–Kier alpha value is -3.93. The average Bonchev–Trinajstić information content (AvgIpc) is 3.10. The van der Waals surface area contributed by atoms with Gasteiger partial charge in [-0.2, -0.15) is 0 Å². The number of ether oxygens (including phenoxy) is 1. The van der Waals surface area contributed by atoms with Gasteiger partial charge in [0.2, 0.25) is 0 Å². The molecule has 1 fully saturated rings. The number of anilines is 1. The van der Waals surface area contributed by atoms with Gasteiger partial charge in [0.1, 0.15) is 11.5 Å². The molecular formula is C29H30N2O4. The normalized spacial score (nSPS) is 17.3. The van der Waals surface area contributed by atoms with Crippen LogP contribution in [0.25, 0.3) is 5.76 Å². The average molecular weight is 471 g/mol. The van der Waals surface area contributed by atoms with Crippen molar-refractivity contribution in [1.29, 1.82) is 0 Å². The van der Waals surface area contributed by atoms with Crippen LogP contribution in [0.5, 0.6) is 5.75 Å². The topological polar surface area (TPSA) is 79.7 Å². The lowest BCUT2D eigenvalue weighted by atomic mass is 9.91. The number of amides is 1. The predicted molar refractivity (Wildman–Crippen MR) is 137 cm³/mol. The first-order valence-electron chi connectivity index (χ1n) is 11.6. The third-order valence-electron chi connectivity index (χ3n) is 6.54. The molecule has 35 heavy (non-hydrogen) atoms. The predicted octanol–water partition coefficient (Wildman–Crippen LogP) is 5.77. The zero-order valence-corrected chi connectivity index (χ0v) is 20.9. The smallest absolute Gasteiger partial charge is 0.300 e. The van der Waals surface area contributed by atoms with Gasteiger partial charge in [0, 0.05) is 23.6 Å². The number of rotatable bonds is 5. The number of carbonyl (C=O) groups is 2. The maximum absolute atomic E-state index is 13.5. The van der Waals surface area contributed by atoms with Crippen LogP contribution in [0.4, 0.5) is 5.69 Å². The highest BCUT2D eigenvalue weighted by Crippen LogP contribution is 2.44. The highest BCUT2D eigenvalue weighted by molar-refractivity contribution is 6.51. The number of aryl methyl sites for hydroxylation is 3. The molecule has 4 rings (SSSR count). The molecule has 6 heteroatoms. The molecule has 1 saturated heterocycles. The van der Waals surface area contributed by atoms with Crippen molar-refractivity contribution in [3.05, 3.63) is 93.8 Å². The summed E-state index contributed by atoms with van der Waals surface area (Å²) < 4.78 is 5.54. The summed E-state index contributed by atoms with van der Waals surface area (Å²) in [5.41, 5.74) is 5.38. The van der Waals surface area contributed by atoms with Crippen molar-refractivity contribution < 1.29 is 19.4 Å². The number of hydrogen-bond donors (Lipinski definition) is 1. The number of aromatic nitrogens is 1. The highest BCUT2D eigenvalue weighted by Gasteiger charge is 2.47. The molecule has 6 nitrogen and oxygen atoms in total. The van der Waals surface area contributed by atoms with Crippen molar-refractivity contribution in [1.82, 2.24) is 4.98 Å². The van der Waals surface area contributed by atoms with Gasteiger partial charge in [-0.15, -0.1) is 0 Å². The molecule has 1 unspecified atom stereocenters. The van der Waals surface area contributed by atoms with Crippen LogP contribution >= 0.6 is 0 Å². The molecule has 0 radical (unpaired) electrons. The third kappa shape index (κ3) is 4.20. The summed E-state index contributed by atoms with van der Waals surface area (Å²) in [5, 5.41) is 11.6. The molecule has 1 N–H and O–H groups in total. The molecule has 2 heterocycles. The number of carbonyl (C=O) groups excluding carboxylic acids is 2. The number of hydrogen-bond acceptors (Lipinski definition) is 5. The van der Waals surface area contributed by atoms with Crippen LogP contribution in [0.3, 0.4) is 0 Å². The van der Waals surface area contributed by atoms with E-state index in [0.29, 0.717) is 16.8 Å². The Morgan fingerprint density at radius 1 is 1.00 bits per heavy atom. The standard InChI is InChI=1S/C29H30N2O4/c1-16(2)21-15-22(19(5)14-24(21)35-6)27(32)25-26(20-9-11-30-12-10-20)31(29(34)28(25)33)23-13-17(3)7-8-18(23)4/h7-16,26,32H,1-6H3/b27-25+. The first-order chi connectivity index (χ1) is 16.6. The van der Waals surface area contributed by atoms with Gasteiger partial charge in [-0.1, -0.05) is 26.0 Å². The Bertz CT molecular complexity index is 1340. The van der Waals surface area contributed by atoms with Crippen LogP contribution in [0.2, 0.25) is 0 Å². The molecule has 1 atom stereocenters. The van der Waals surface area contributed by atoms with Gasteiger partial charge in [-0.25, -0.2) is 0 Å². The van der Waals surface area contributed by atoms with E-state index in [9.17, 15) is 14.7 Å². The molecule has 1 aromatic heterocycles. The second-order valence-corrected chi connectivity index (χ2v) is 9.30. The van der Waals surface area contributed by atoms with Gasteiger partial charge in [0.15, 0.2) is 0 Å². The lowest BCUT2D eigenvalue weighted by Crippen LogP contribution is -2.30. The second kappa shape index (κ2) is 9.37. The lowest BCUT2D eigenvalue weighted by molar-refractivity contribution is -0.132. The number of Topliss-reactive ketones (excluding diaryl/α,β-unsaturated/α-hetero) is 1. The number of nitrogens with zero attached hydrogens (tertiary/aromatic N) is 2. The number of aliphatic hydroxyl groups is 1. The first kappa shape index (κ1) is 24.2. The van der Waals surface area contributed by atoms with E-state index in [4.69, 9.17) is 4.74 Å². The fraction of sp³-hybridized carbons (Fsp3) is 0.276. The lowest BCUT2D eigenvalue weighted by Gasteiger charge is -2.27. The van der Waals surface area contributed by atoms with Crippen LogP contribution in [-0.4, -0.2) is 28.9 Å². The van der Waals surface area contributed by atoms with Crippen LogP contribution in [0.15, 0.2) is 60.4 Å². The van der Waals surface area contributed by atoms with Gasteiger partial charge < -0.3 is 9.84 Å². The van der Waals surface area contributed by atoms with Crippen molar-refractivity contribution >= 4 is 23.1 Å². The molecule has 0 saturated carbocycles. The van der Waals surface area contributed by atoms with E-state index in [1.54, 1.807) is 31.6 Å². The Labute approximate surface area is 205 Å². The van der Waals surface area contributed by atoms with Gasteiger partial charge in [0.25, 0.3) is 11.7 Å². The Balaban J connectivity index is 2.00. The number of methoxy groups -OCH3 is 1. The summed E-state index contributed by atoms with van der Waals surface area (Å²) in [4.78, 5) is 32.5. The van der Waals surface area contributed by atoms with Crippen LogP contribution in [0.1, 0.15) is 59.2 Å². The van der Waals surface area contributed by atoms with Gasteiger partial charge in [-0.3, -0.25) is 19.5 Å². The van der Waals surface area contributed by atoms with E-state index in [-0.39, 0.29) is 17.3 Å². The molecule has 1 aliphatic heterocycles. The van der Waals surface area contributed by atoms with Crippen molar-refractivity contribution in [3.63, 3.8) is 0 Å². The summed E-state index contributed by atoms with van der Waals surface area (Å²) in [6.07, 6.45) is 3.24. The van der Waals surface area contributed by atoms with E-state index in [1.165, 1.54) is 4.90 Å². The van der Waals surface area contributed by atoms with E-state index in [1.807, 2.05) is 65.0 Å². The minimum atomic E-state index is -0.789. The maximum Gasteiger partial charge on any atom is 0.300 e. The minimum Gasteiger partial charge on any atom is -0.507 e. The fourth-order valence-corrected chi connectivity index (χ4v) is 4.65. The Morgan fingerprint density at radius 2 is 1.69 bits per heavy atom. The zero-order valence-electron chi connectivity index (χ0n) is 20.9. The summed E-state index contributed by atoms with van der Waals surface area (Å²) in [7, 11) is 1.61. The highest BCUT2D eigenvalue weighted by atomic mass is 16.5. The third-order valence-corrected chi connectivity index (χ3v) is 6.54. The van der Waals surface area contributed by atoms with E-state index < -0.39 is 17.7 Å². The molecule has 1 amide bonds. The monoisotopic (exact) mass is 470 g/mol. The quantitative estimate of drug-likeness (QED) is 0.291. The number of ketones is 1. The van der Waals surface area contributed by atoms with Crippen LogP contribution < -0.4 is 9.64 Å². The maximum atomic E-state index is 13.5. The summed E-state index contributed by atoms with van der Waals surface area (Å²) in [6, 6.07) is 12.2. The molecule has 1 aliphatic rings. The second-order valence-electron chi connectivity index (χ2n) is 9.30. The molecule has 0 spiro atoms. The van der Waals surface area contributed by atoms with E-state index >= 15 is 0 Å². The van der Waals surface area contributed by atoms with Gasteiger partial charge in [-0.05, 0) is 84.8 Å². The molecule has 180 valence electrons. The van der Waals surface area contributed by atoms with Crippen molar-refractivity contribution in [3.8, 4) is 5.75 Å². The zero-order chi connectivity index (χ0) is 25.4. The number of benzene rings is 2. The number of aliphatic hydroxyl groups excluding tert-OH is 1. The first-order valence-corrected chi connectivity index (χ1v) is 11.6. The van der Waals surface area contributed by atoms with Gasteiger partial charge in [0.05, 0.1) is 18.7 Å². The molecular weight excluding hydrogens is 440 g/mol. The van der Waals surface area contributed by atoms with Crippen molar-refractivity contribution in [2.45, 2.75) is 46.6 Å². The molecule has 0 bridgehead atoms. The SMILES string of the molecule is COc1cc(C)c(/C(O)=C2\C(=O)C(=O)N(c3cc(C)ccc3C)C2c2ccncc2)cc1C(C)C. The summed E-state index contributed by atoms with van der Waals surface area (Å²) in [6.45, 7) is 9.76. The number of pyridine rings is 1. The molecule has 0 aliphatic carbocycles. The summed E-state index contributed by atoms with van der Waals surface area (Å²) in [5.74, 6) is -0.732.